The first kappa shape index (κ1) is 13.6. The third-order valence-corrected chi connectivity index (χ3v) is 2.87. The molecule has 0 aliphatic carbocycles. The SMILES string of the molecule is CCc1c(CN=C=O)cc(OC)c(OC)c1Cl. The quantitative estimate of drug-likeness (QED) is 0.600. The minimum absolute atomic E-state index is 0.243. The summed E-state index contributed by atoms with van der Waals surface area (Å²) in [5, 5.41) is 0.505. The first-order valence-corrected chi connectivity index (χ1v) is 5.53. The molecule has 1 aromatic rings. The molecule has 0 heterocycles. The summed E-state index contributed by atoms with van der Waals surface area (Å²) in [6, 6.07) is 1.78. The van der Waals surface area contributed by atoms with Crippen molar-refractivity contribution in [3.63, 3.8) is 0 Å². The molecule has 0 aliphatic heterocycles. The Balaban J connectivity index is 3.38. The van der Waals surface area contributed by atoms with Crippen molar-refractivity contribution in [3.05, 3.63) is 22.2 Å². The van der Waals surface area contributed by atoms with Crippen LogP contribution in [0.5, 0.6) is 11.5 Å². The van der Waals surface area contributed by atoms with Gasteiger partial charge in [0.15, 0.2) is 11.5 Å². The monoisotopic (exact) mass is 255 g/mol. The van der Waals surface area contributed by atoms with Crippen molar-refractivity contribution in [3.8, 4) is 11.5 Å². The average Bonchev–Trinajstić information content (AvgIpc) is 2.35. The van der Waals surface area contributed by atoms with Crippen LogP contribution in [0.4, 0.5) is 0 Å². The van der Waals surface area contributed by atoms with Crippen LogP contribution in [-0.2, 0) is 17.8 Å². The van der Waals surface area contributed by atoms with E-state index in [9.17, 15) is 4.79 Å². The normalized spacial score (nSPS) is 9.65. The fourth-order valence-electron chi connectivity index (χ4n) is 1.68. The lowest BCUT2D eigenvalue weighted by atomic mass is 10.0. The molecule has 1 aromatic carbocycles. The van der Waals surface area contributed by atoms with Crippen LogP contribution >= 0.6 is 11.6 Å². The molecular formula is C12H14ClNO3. The number of rotatable bonds is 5. The van der Waals surface area contributed by atoms with Gasteiger partial charge in [0.05, 0.1) is 25.8 Å². The second kappa shape index (κ2) is 6.28. The molecule has 0 unspecified atom stereocenters. The minimum atomic E-state index is 0.243. The van der Waals surface area contributed by atoms with Crippen LogP contribution in [0.25, 0.3) is 0 Å². The number of carbonyl (C=O) groups excluding carboxylic acids is 1. The Morgan fingerprint density at radius 2 is 2.12 bits per heavy atom. The number of hydrogen-bond acceptors (Lipinski definition) is 4. The second-order valence-corrected chi connectivity index (χ2v) is 3.70. The molecule has 0 aromatic heterocycles. The van der Waals surface area contributed by atoms with Gasteiger partial charge in [0.1, 0.15) is 0 Å². The number of nitrogens with zero attached hydrogens (tertiary/aromatic N) is 1. The van der Waals surface area contributed by atoms with Gasteiger partial charge in [0, 0.05) is 0 Å². The molecule has 17 heavy (non-hydrogen) atoms. The number of benzene rings is 1. The van der Waals surface area contributed by atoms with E-state index in [4.69, 9.17) is 21.1 Å². The van der Waals surface area contributed by atoms with Crippen LogP contribution < -0.4 is 9.47 Å². The van der Waals surface area contributed by atoms with E-state index in [1.807, 2.05) is 6.92 Å². The van der Waals surface area contributed by atoms with Gasteiger partial charge in [-0.2, -0.15) is 0 Å². The van der Waals surface area contributed by atoms with E-state index in [-0.39, 0.29) is 6.54 Å². The van der Waals surface area contributed by atoms with Crippen molar-refractivity contribution in [1.29, 1.82) is 0 Å². The average molecular weight is 256 g/mol. The Labute approximate surface area is 105 Å². The molecule has 0 atom stereocenters. The lowest BCUT2D eigenvalue weighted by molar-refractivity contribution is 0.354. The van der Waals surface area contributed by atoms with E-state index in [2.05, 4.69) is 4.99 Å². The van der Waals surface area contributed by atoms with Gasteiger partial charge in [-0.15, -0.1) is 0 Å². The standard InChI is InChI=1S/C12H14ClNO3/c1-4-9-8(6-14-7-15)5-10(16-2)12(17-3)11(9)13/h5H,4,6H2,1-3H3. The Bertz CT molecular complexity index is 454. The number of methoxy groups -OCH3 is 2. The molecule has 4 nitrogen and oxygen atoms in total. The van der Waals surface area contributed by atoms with Crippen LogP contribution in [-0.4, -0.2) is 20.3 Å². The van der Waals surface area contributed by atoms with E-state index in [1.165, 1.54) is 20.3 Å². The molecule has 0 amide bonds. The Kier molecular flexibility index (Phi) is 5.01. The number of isocyanates is 1. The molecule has 0 saturated heterocycles. The van der Waals surface area contributed by atoms with Gasteiger partial charge in [-0.1, -0.05) is 18.5 Å². The maximum atomic E-state index is 10.2. The van der Waals surface area contributed by atoms with Crippen molar-refractivity contribution in [2.45, 2.75) is 19.9 Å². The van der Waals surface area contributed by atoms with Crippen molar-refractivity contribution >= 4 is 17.7 Å². The Morgan fingerprint density at radius 1 is 1.41 bits per heavy atom. The first-order chi connectivity index (χ1) is 8.19. The summed E-state index contributed by atoms with van der Waals surface area (Å²) in [6.45, 7) is 2.22. The van der Waals surface area contributed by atoms with E-state index >= 15 is 0 Å². The van der Waals surface area contributed by atoms with Gasteiger partial charge in [0.25, 0.3) is 0 Å². The Hall–Kier alpha value is -1.51. The summed E-state index contributed by atoms with van der Waals surface area (Å²) < 4.78 is 10.4. The van der Waals surface area contributed by atoms with Crippen molar-refractivity contribution in [2.75, 3.05) is 14.2 Å². The van der Waals surface area contributed by atoms with Crippen LogP contribution in [0, 0.1) is 0 Å². The summed E-state index contributed by atoms with van der Waals surface area (Å²) in [5.74, 6) is 1.04. The highest BCUT2D eigenvalue weighted by Gasteiger charge is 2.16. The van der Waals surface area contributed by atoms with Gasteiger partial charge >= 0.3 is 0 Å². The van der Waals surface area contributed by atoms with Gasteiger partial charge in [-0.25, -0.2) is 9.79 Å². The highest BCUT2D eigenvalue weighted by molar-refractivity contribution is 6.33. The topological polar surface area (TPSA) is 47.9 Å². The fraction of sp³-hybridized carbons (Fsp3) is 0.417. The summed E-state index contributed by atoms with van der Waals surface area (Å²) in [4.78, 5) is 13.7. The second-order valence-electron chi connectivity index (χ2n) is 3.32. The zero-order valence-corrected chi connectivity index (χ0v) is 10.8. The third-order valence-electron chi connectivity index (χ3n) is 2.47. The molecule has 0 N–H and O–H groups in total. The van der Waals surface area contributed by atoms with Gasteiger partial charge in [-0.3, -0.25) is 0 Å². The van der Waals surface area contributed by atoms with Crippen LogP contribution in [0.2, 0.25) is 5.02 Å². The van der Waals surface area contributed by atoms with Gasteiger partial charge in [-0.05, 0) is 23.6 Å². The predicted molar refractivity (Wildman–Crippen MR) is 65.8 cm³/mol. The number of aliphatic imine (C=N–C) groups is 1. The lowest BCUT2D eigenvalue weighted by Gasteiger charge is -2.15. The molecular weight excluding hydrogens is 242 g/mol. The van der Waals surface area contributed by atoms with Crippen LogP contribution in [0.1, 0.15) is 18.1 Å². The molecule has 0 spiro atoms. The predicted octanol–water partition coefficient (Wildman–Crippen LogP) is 2.76. The smallest absolute Gasteiger partial charge is 0.235 e. The van der Waals surface area contributed by atoms with E-state index in [0.717, 1.165) is 17.5 Å². The van der Waals surface area contributed by atoms with Crippen molar-refractivity contribution in [1.82, 2.24) is 0 Å². The summed E-state index contributed by atoms with van der Waals surface area (Å²) in [5.41, 5.74) is 1.75. The zero-order valence-electron chi connectivity index (χ0n) is 10.0. The first-order valence-electron chi connectivity index (χ1n) is 5.15. The fourth-order valence-corrected chi connectivity index (χ4v) is 2.10. The third kappa shape index (κ3) is 2.78. The minimum Gasteiger partial charge on any atom is -0.493 e. The lowest BCUT2D eigenvalue weighted by Crippen LogP contribution is -1.99. The van der Waals surface area contributed by atoms with Gasteiger partial charge in [0.2, 0.25) is 6.08 Å². The number of halogens is 1. The highest BCUT2D eigenvalue weighted by Crippen LogP contribution is 2.40. The highest BCUT2D eigenvalue weighted by atomic mass is 35.5. The molecule has 0 saturated carbocycles. The van der Waals surface area contributed by atoms with Gasteiger partial charge < -0.3 is 9.47 Å². The molecule has 0 fully saturated rings. The van der Waals surface area contributed by atoms with Crippen LogP contribution in [0.15, 0.2) is 11.1 Å². The van der Waals surface area contributed by atoms with Crippen LogP contribution in [0.3, 0.4) is 0 Å². The van der Waals surface area contributed by atoms with E-state index in [1.54, 1.807) is 6.07 Å². The van der Waals surface area contributed by atoms with Crippen molar-refractivity contribution in [2.24, 2.45) is 4.99 Å². The molecule has 1 rings (SSSR count). The van der Waals surface area contributed by atoms with Crippen molar-refractivity contribution < 1.29 is 14.3 Å². The largest absolute Gasteiger partial charge is 0.493 e. The van der Waals surface area contributed by atoms with E-state index in [0.29, 0.717) is 16.5 Å². The van der Waals surface area contributed by atoms with E-state index < -0.39 is 0 Å². The molecule has 0 radical (unpaired) electrons. The summed E-state index contributed by atoms with van der Waals surface area (Å²) in [7, 11) is 3.07. The molecule has 5 heteroatoms. The molecule has 0 aliphatic rings. The summed E-state index contributed by atoms with van der Waals surface area (Å²) in [6.07, 6.45) is 2.24. The molecule has 92 valence electrons. The maximum Gasteiger partial charge on any atom is 0.235 e. The molecule has 0 bridgehead atoms. The summed E-state index contributed by atoms with van der Waals surface area (Å²) >= 11 is 6.23. The Morgan fingerprint density at radius 3 is 2.59 bits per heavy atom. The zero-order chi connectivity index (χ0) is 12.8. The maximum absolute atomic E-state index is 10.2. The number of ether oxygens (including phenoxy) is 2. The number of hydrogen-bond donors (Lipinski definition) is 0.